The highest BCUT2D eigenvalue weighted by Gasteiger charge is 2.31. The van der Waals surface area contributed by atoms with Crippen molar-refractivity contribution in [1.82, 2.24) is 5.32 Å². The Kier molecular flexibility index (Phi) is 5.60. The first-order valence-corrected chi connectivity index (χ1v) is 6.21. The maximum atomic E-state index is 11.4. The average Bonchev–Trinajstić information content (AvgIpc) is 2.26. The zero-order chi connectivity index (χ0) is 12.9. The smallest absolute Gasteiger partial charge is 0.245 e. The van der Waals surface area contributed by atoms with E-state index in [0.29, 0.717) is 0 Å². The number of amides is 1. The maximum Gasteiger partial charge on any atom is 0.245 e. The van der Waals surface area contributed by atoms with Crippen LogP contribution in [0.1, 0.15) is 5.56 Å². The average molecular weight is 313 g/mol. The molecule has 17 heavy (non-hydrogen) atoms. The number of halogens is 4. The molecule has 0 spiro atoms. The Balaban J connectivity index is 2.54. The second-order valence-electron chi connectivity index (χ2n) is 3.16. The molecule has 0 aliphatic carbocycles. The lowest BCUT2D eigenvalue weighted by Gasteiger charge is -2.18. The molecular formula is C11H9Cl4NO. The van der Waals surface area contributed by atoms with Crippen LogP contribution in [0.25, 0.3) is 6.08 Å². The molecule has 1 rings (SSSR count). The van der Waals surface area contributed by atoms with Crippen molar-refractivity contribution < 1.29 is 4.79 Å². The second-order valence-corrected chi connectivity index (χ2v) is 5.96. The van der Waals surface area contributed by atoms with Gasteiger partial charge >= 0.3 is 0 Å². The molecule has 0 bridgehead atoms. The predicted molar refractivity (Wildman–Crippen MR) is 73.5 cm³/mol. The fourth-order valence-electron chi connectivity index (χ4n) is 0.991. The summed E-state index contributed by atoms with van der Waals surface area (Å²) in [5.41, 5.74) is -0.192. The van der Waals surface area contributed by atoms with Gasteiger partial charge in [-0.25, -0.2) is 0 Å². The van der Waals surface area contributed by atoms with Crippen LogP contribution in [0.3, 0.4) is 0 Å². The minimum absolute atomic E-state index is 0.430. The van der Waals surface area contributed by atoms with Gasteiger partial charge in [0, 0.05) is 6.08 Å². The lowest BCUT2D eigenvalue weighted by molar-refractivity contribution is -0.116. The Hall–Kier alpha value is -0.410. The Morgan fingerprint density at radius 1 is 1.24 bits per heavy atom. The van der Waals surface area contributed by atoms with Crippen LogP contribution in [-0.2, 0) is 4.79 Å². The summed E-state index contributed by atoms with van der Waals surface area (Å²) in [6, 6.07) is 9.33. The molecule has 92 valence electrons. The SMILES string of the molecule is O=C(/C=C/c1ccccc1)NC(Cl)C(Cl)(Cl)Cl. The standard InChI is InChI=1S/C11H9Cl4NO/c12-10(11(13,14)15)16-9(17)7-6-8-4-2-1-3-5-8/h1-7,10H,(H,16,17)/b7-6+. The molecular weight excluding hydrogens is 304 g/mol. The van der Waals surface area contributed by atoms with Crippen LogP contribution in [0, 0.1) is 0 Å². The van der Waals surface area contributed by atoms with Gasteiger partial charge in [0.25, 0.3) is 0 Å². The van der Waals surface area contributed by atoms with E-state index in [0.717, 1.165) is 5.56 Å². The summed E-state index contributed by atoms with van der Waals surface area (Å²) in [5.74, 6) is -0.430. The van der Waals surface area contributed by atoms with Crippen molar-refractivity contribution in [3.8, 4) is 0 Å². The topological polar surface area (TPSA) is 29.1 Å². The van der Waals surface area contributed by atoms with Crippen molar-refractivity contribution in [3.05, 3.63) is 42.0 Å². The molecule has 2 nitrogen and oxygen atoms in total. The van der Waals surface area contributed by atoms with Crippen molar-refractivity contribution >= 4 is 58.4 Å². The molecule has 1 amide bonds. The van der Waals surface area contributed by atoms with Gasteiger partial charge in [0.2, 0.25) is 9.70 Å². The highest BCUT2D eigenvalue weighted by Crippen LogP contribution is 2.32. The molecule has 0 aromatic heterocycles. The first-order valence-electron chi connectivity index (χ1n) is 4.64. The quantitative estimate of drug-likeness (QED) is 0.514. The number of benzene rings is 1. The molecule has 0 heterocycles. The molecule has 6 heteroatoms. The summed E-state index contributed by atoms with van der Waals surface area (Å²) in [4.78, 5) is 11.4. The Bertz CT molecular complexity index is 400. The van der Waals surface area contributed by atoms with Gasteiger partial charge in [0.1, 0.15) is 0 Å². The van der Waals surface area contributed by atoms with E-state index in [4.69, 9.17) is 46.4 Å². The minimum Gasteiger partial charge on any atom is -0.333 e. The second kappa shape index (κ2) is 6.50. The summed E-state index contributed by atoms with van der Waals surface area (Å²) < 4.78 is -1.74. The number of nitrogens with one attached hydrogen (secondary N) is 1. The summed E-state index contributed by atoms with van der Waals surface area (Å²) >= 11 is 22.2. The molecule has 0 fully saturated rings. The molecule has 0 aliphatic rings. The first kappa shape index (κ1) is 14.7. The van der Waals surface area contributed by atoms with E-state index >= 15 is 0 Å². The van der Waals surface area contributed by atoms with Crippen LogP contribution in [0.15, 0.2) is 36.4 Å². The van der Waals surface area contributed by atoms with Crippen LogP contribution in [0.2, 0.25) is 0 Å². The zero-order valence-electron chi connectivity index (χ0n) is 8.54. The number of carbonyl (C=O) groups excluding carboxylic acids is 1. The summed E-state index contributed by atoms with van der Waals surface area (Å²) in [6.45, 7) is 0. The molecule has 0 aliphatic heterocycles. The van der Waals surface area contributed by atoms with Crippen LogP contribution < -0.4 is 5.32 Å². The van der Waals surface area contributed by atoms with Gasteiger partial charge in [0.05, 0.1) is 0 Å². The van der Waals surface area contributed by atoms with Crippen molar-refractivity contribution in [2.24, 2.45) is 0 Å². The van der Waals surface area contributed by atoms with E-state index in [-0.39, 0.29) is 0 Å². The highest BCUT2D eigenvalue weighted by molar-refractivity contribution is 6.70. The van der Waals surface area contributed by atoms with Gasteiger partial charge in [-0.3, -0.25) is 4.79 Å². The third-order valence-electron chi connectivity index (χ3n) is 1.78. The van der Waals surface area contributed by atoms with Crippen LogP contribution >= 0.6 is 46.4 Å². The van der Waals surface area contributed by atoms with Gasteiger partial charge in [-0.15, -0.1) is 0 Å². The number of alkyl halides is 4. The van der Waals surface area contributed by atoms with E-state index in [9.17, 15) is 4.79 Å². The minimum atomic E-state index is -1.74. The maximum absolute atomic E-state index is 11.4. The number of rotatable bonds is 3. The Morgan fingerprint density at radius 3 is 2.35 bits per heavy atom. The van der Waals surface area contributed by atoms with Gasteiger partial charge in [-0.1, -0.05) is 76.7 Å². The predicted octanol–water partition coefficient (Wildman–Crippen LogP) is 3.75. The van der Waals surface area contributed by atoms with Crippen molar-refractivity contribution in [3.63, 3.8) is 0 Å². The highest BCUT2D eigenvalue weighted by atomic mass is 35.6. The van der Waals surface area contributed by atoms with Crippen LogP contribution in [0.5, 0.6) is 0 Å². The third-order valence-corrected chi connectivity index (χ3v) is 3.21. The molecule has 1 aromatic carbocycles. The van der Waals surface area contributed by atoms with Gasteiger partial charge in [0.15, 0.2) is 5.50 Å². The van der Waals surface area contributed by atoms with Gasteiger partial charge < -0.3 is 5.32 Å². The normalized spacial score (nSPS) is 13.6. The first-order chi connectivity index (χ1) is 7.89. The van der Waals surface area contributed by atoms with Crippen molar-refractivity contribution in [1.29, 1.82) is 0 Å². The van der Waals surface area contributed by atoms with Crippen molar-refractivity contribution in [2.45, 2.75) is 9.29 Å². The molecule has 1 aromatic rings. The molecule has 1 atom stereocenters. The largest absolute Gasteiger partial charge is 0.333 e. The van der Waals surface area contributed by atoms with Gasteiger partial charge in [-0.05, 0) is 11.6 Å². The number of hydrogen-bond donors (Lipinski definition) is 1. The number of carbonyl (C=O) groups is 1. The molecule has 1 N–H and O–H groups in total. The lowest BCUT2D eigenvalue weighted by atomic mass is 10.2. The van der Waals surface area contributed by atoms with E-state index in [1.165, 1.54) is 6.08 Å². The van der Waals surface area contributed by atoms with E-state index in [2.05, 4.69) is 5.32 Å². The number of hydrogen-bond acceptors (Lipinski definition) is 1. The summed E-state index contributed by atoms with van der Waals surface area (Å²) in [7, 11) is 0. The summed E-state index contributed by atoms with van der Waals surface area (Å²) in [6.07, 6.45) is 2.96. The fourth-order valence-corrected chi connectivity index (χ4v) is 1.26. The van der Waals surface area contributed by atoms with Gasteiger partial charge in [-0.2, -0.15) is 0 Å². The summed E-state index contributed by atoms with van der Waals surface area (Å²) in [5, 5.41) is 2.33. The molecule has 1 unspecified atom stereocenters. The zero-order valence-corrected chi connectivity index (χ0v) is 11.6. The molecule has 0 radical (unpaired) electrons. The third kappa shape index (κ3) is 5.64. The van der Waals surface area contributed by atoms with E-state index in [1.807, 2.05) is 30.3 Å². The van der Waals surface area contributed by atoms with E-state index < -0.39 is 15.2 Å². The molecule has 0 saturated heterocycles. The van der Waals surface area contributed by atoms with Crippen LogP contribution in [0.4, 0.5) is 0 Å². The fraction of sp³-hybridized carbons (Fsp3) is 0.182. The Morgan fingerprint density at radius 2 is 1.82 bits per heavy atom. The molecule has 0 saturated carbocycles. The van der Waals surface area contributed by atoms with E-state index in [1.54, 1.807) is 6.08 Å². The van der Waals surface area contributed by atoms with Crippen LogP contribution in [-0.4, -0.2) is 15.2 Å². The Labute approximate surface area is 119 Å². The lowest BCUT2D eigenvalue weighted by Crippen LogP contribution is -2.38. The monoisotopic (exact) mass is 311 g/mol. The van der Waals surface area contributed by atoms with Crippen molar-refractivity contribution in [2.75, 3.05) is 0 Å².